The Labute approximate surface area is 123 Å². The van der Waals surface area contributed by atoms with Gasteiger partial charge in [-0.2, -0.15) is 0 Å². The summed E-state index contributed by atoms with van der Waals surface area (Å²) in [5, 5.41) is 3.13. The molecule has 1 saturated heterocycles. The van der Waals surface area contributed by atoms with Crippen molar-refractivity contribution in [1.29, 1.82) is 0 Å². The van der Waals surface area contributed by atoms with Crippen LogP contribution in [-0.2, 0) is 4.79 Å². The molecule has 1 unspecified atom stereocenters. The number of likely N-dealkylation sites (tertiary alicyclic amines) is 1. The van der Waals surface area contributed by atoms with Crippen molar-refractivity contribution in [3.8, 4) is 0 Å². The third kappa shape index (κ3) is 4.74. The minimum absolute atomic E-state index is 0.239. The second kappa shape index (κ2) is 7.99. The van der Waals surface area contributed by atoms with E-state index in [9.17, 15) is 4.79 Å². The number of hydrogen-bond acceptors (Lipinski definition) is 3. The molecule has 0 bridgehead atoms. The molecule has 2 aliphatic rings. The largest absolute Gasteiger partial charge is 0.355 e. The van der Waals surface area contributed by atoms with Gasteiger partial charge in [-0.05, 0) is 64.0 Å². The minimum Gasteiger partial charge on any atom is -0.355 e. The first-order valence-corrected chi connectivity index (χ1v) is 8.45. The lowest BCUT2D eigenvalue weighted by atomic mass is 9.84. The fraction of sp³-hybridized carbons (Fsp3) is 0.938. The number of nitrogens with one attached hydrogen (secondary N) is 1. The fourth-order valence-corrected chi connectivity index (χ4v) is 3.67. The Morgan fingerprint density at radius 2 is 2.00 bits per heavy atom. The van der Waals surface area contributed by atoms with Gasteiger partial charge in [-0.1, -0.05) is 6.92 Å². The normalized spacial score (nSPS) is 31.4. The van der Waals surface area contributed by atoms with Crippen LogP contribution in [0.1, 0.15) is 58.3 Å². The minimum atomic E-state index is 0.239. The van der Waals surface area contributed by atoms with Gasteiger partial charge in [-0.15, -0.1) is 0 Å². The average Bonchev–Trinajstić information content (AvgIpc) is 2.92. The molecular weight excluding hydrogens is 250 g/mol. The monoisotopic (exact) mass is 281 g/mol. The van der Waals surface area contributed by atoms with Crippen molar-refractivity contribution in [2.45, 2.75) is 70.4 Å². The summed E-state index contributed by atoms with van der Waals surface area (Å²) in [5.74, 6) is 0.960. The van der Waals surface area contributed by atoms with Crippen LogP contribution < -0.4 is 11.1 Å². The Hall–Kier alpha value is -0.610. The van der Waals surface area contributed by atoms with E-state index in [0.717, 1.165) is 38.3 Å². The third-order valence-corrected chi connectivity index (χ3v) is 5.11. The zero-order valence-electron chi connectivity index (χ0n) is 12.9. The first kappa shape index (κ1) is 15.8. The molecule has 4 heteroatoms. The summed E-state index contributed by atoms with van der Waals surface area (Å²) in [6.07, 6.45) is 8.94. The van der Waals surface area contributed by atoms with Gasteiger partial charge in [0.05, 0.1) is 0 Å². The van der Waals surface area contributed by atoms with Gasteiger partial charge in [-0.25, -0.2) is 0 Å². The molecule has 0 aromatic rings. The maximum atomic E-state index is 11.9. The molecule has 0 aromatic heterocycles. The zero-order chi connectivity index (χ0) is 14.4. The molecule has 1 aliphatic heterocycles. The van der Waals surface area contributed by atoms with Gasteiger partial charge in [0, 0.05) is 25.0 Å². The predicted octanol–water partition coefficient (Wildman–Crippen LogP) is 1.88. The number of hydrogen-bond donors (Lipinski definition) is 2. The Kier molecular flexibility index (Phi) is 6.30. The van der Waals surface area contributed by atoms with Crippen molar-refractivity contribution in [1.82, 2.24) is 10.2 Å². The Morgan fingerprint density at radius 1 is 1.25 bits per heavy atom. The third-order valence-electron chi connectivity index (χ3n) is 5.11. The van der Waals surface area contributed by atoms with Crippen LogP contribution in [-0.4, -0.2) is 42.5 Å². The van der Waals surface area contributed by atoms with Crippen LogP contribution in [0.2, 0.25) is 0 Å². The van der Waals surface area contributed by atoms with E-state index in [1.165, 1.54) is 32.2 Å². The predicted molar refractivity (Wildman–Crippen MR) is 82.4 cm³/mol. The number of amides is 1. The highest BCUT2D eigenvalue weighted by atomic mass is 16.1. The van der Waals surface area contributed by atoms with Crippen molar-refractivity contribution >= 4 is 5.91 Å². The van der Waals surface area contributed by atoms with Crippen LogP contribution >= 0.6 is 0 Å². The quantitative estimate of drug-likeness (QED) is 0.781. The highest BCUT2D eigenvalue weighted by molar-refractivity contribution is 5.75. The molecule has 0 radical (unpaired) electrons. The molecular formula is C16H31N3O. The molecule has 0 aromatic carbocycles. The molecule has 3 N–H and O–H groups in total. The maximum Gasteiger partial charge on any atom is 0.220 e. The molecule has 20 heavy (non-hydrogen) atoms. The standard InChI is InChI=1S/C16H31N3O/c1-2-19-11-3-4-15(19)12-18-16(20)10-7-13-5-8-14(17)9-6-13/h13-15H,2-12,17H2,1H3,(H,18,20). The van der Waals surface area contributed by atoms with Crippen LogP contribution in [0.25, 0.3) is 0 Å². The zero-order valence-corrected chi connectivity index (χ0v) is 12.9. The number of nitrogens with zero attached hydrogens (tertiary/aromatic N) is 1. The Balaban J connectivity index is 1.58. The highest BCUT2D eigenvalue weighted by Gasteiger charge is 2.23. The summed E-state index contributed by atoms with van der Waals surface area (Å²) in [6, 6.07) is 0.971. The SMILES string of the molecule is CCN1CCCC1CNC(=O)CCC1CCC(N)CC1. The fourth-order valence-electron chi connectivity index (χ4n) is 3.67. The van der Waals surface area contributed by atoms with Crippen molar-refractivity contribution in [3.63, 3.8) is 0 Å². The summed E-state index contributed by atoms with van der Waals surface area (Å²) < 4.78 is 0. The van der Waals surface area contributed by atoms with Gasteiger partial charge < -0.3 is 11.1 Å². The van der Waals surface area contributed by atoms with Crippen LogP contribution in [0.5, 0.6) is 0 Å². The molecule has 2 fully saturated rings. The highest BCUT2D eigenvalue weighted by Crippen LogP contribution is 2.26. The molecule has 1 aliphatic carbocycles. The molecule has 2 rings (SSSR count). The van der Waals surface area contributed by atoms with Gasteiger partial charge in [-0.3, -0.25) is 9.69 Å². The summed E-state index contributed by atoms with van der Waals surface area (Å²) in [4.78, 5) is 14.4. The summed E-state index contributed by atoms with van der Waals surface area (Å²) in [6.45, 7) is 5.33. The van der Waals surface area contributed by atoms with Crippen LogP contribution in [0, 0.1) is 5.92 Å². The van der Waals surface area contributed by atoms with Crippen LogP contribution in [0.15, 0.2) is 0 Å². The number of carbonyl (C=O) groups excluding carboxylic acids is 1. The molecule has 0 spiro atoms. The number of carbonyl (C=O) groups is 1. The van der Waals surface area contributed by atoms with Gasteiger partial charge in [0.25, 0.3) is 0 Å². The van der Waals surface area contributed by atoms with E-state index in [0.29, 0.717) is 18.5 Å². The molecule has 1 atom stereocenters. The molecule has 4 nitrogen and oxygen atoms in total. The lowest BCUT2D eigenvalue weighted by Gasteiger charge is -2.26. The molecule has 1 amide bonds. The van der Waals surface area contributed by atoms with E-state index in [4.69, 9.17) is 5.73 Å². The van der Waals surface area contributed by atoms with Crippen molar-refractivity contribution in [2.24, 2.45) is 11.7 Å². The van der Waals surface area contributed by atoms with Gasteiger partial charge in [0.2, 0.25) is 5.91 Å². The van der Waals surface area contributed by atoms with Crippen LogP contribution in [0.4, 0.5) is 0 Å². The maximum absolute atomic E-state index is 11.9. The first-order chi connectivity index (χ1) is 9.69. The number of rotatable bonds is 6. The van der Waals surface area contributed by atoms with E-state index in [1.807, 2.05) is 0 Å². The molecule has 1 saturated carbocycles. The number of nitrogens with two attached hydrogens (primary N) is 1. The first-order valence-electron chi connectivity index (χ1n) is 8.45. The lowest BCUT2D eigenvalue weighted by molar-refractivity contribution is -0.121. The van der Waals surface area contributed by atoms with Gasteiger partial charge in [0.1, 0.15) is 0 Å². The van der Waals surface area contributed by atoms with Crippen molar-refractivity contribution in [3.05, 3.63) is 0 Å². The second-order valence-corrected chi connectivity index (χ2v) is 6.55. The van der Waals surface area contributed by atoms with E-state index in [2.05, 4.69) is 17.1 Å². The average molecular weight is 281 g/mol. The molecule has 116 valence electrons. The number of likely N-dealkylation sites (N-methyl/N-ethyl adjacent to an activating group) is 1. The summed E-state index contributed by atoms with van der Waals surface area (Å²) >= 11 is 0. The second-order valence-electron chi connectivity index (χ2n) is 6.55. The van der Waals surface area contributed by atoms with Crippen molar-refractivity contribution < 1.29 is 4.79 Å². The topological polar surface area (TPSA) is 58.4 Å². The van der Waals surface area contributed by atoms with E-state index in [-0.39, 0.29) is 5.91 Å². The Bertz CT molecular complexity index is 300. The Morgan fingerprint density at radius 3 is 2.70 bits per heavy atom. The van der Waals surface area contributed by atoms with E-state index >= 15 is 0 Å². The van der Waals surface area contributed by atoms with E-state index < -0.39 is 0 Å². The van der Waals surface area contributed by atoms with Gasteiger partial charge in [0.15, 0.2) is 0 Å². The van der Waals surface area contributed by atoms with Gasteiger partial charge >= 0.3 is 0 Å². The molecule has 1 heterocycles. The van der Waals surface area contributed by atoms with Crippen LogP contribution in [0.3, 0.4) is 0 Å². The lowest BCUT2D eigenvalue weighted by Crippen LogP contribution is -2.40. The smallest absolute Gasteiger partial charge is 0.220 e. The summed E-state index contributed by atoms with van der Waals surface area (Å²) in [5.41, 5.74) is 5.91. The van der Waals surface area contributed by atoms with Crippen molar-refractivity contribution in [2.75, 3.05) is 19.6 Å². The summed E-state index contributed by atoms with van der Waals surface area (Å²) in [7, 11) is 0. The van der Waals surface area contributed by atoms with E-state index in [1.54, 1.807) is 0 Å².